The number of rotatable bonds is 4. The Kier molecular flexibility index (Phi) is 4.47. The van der Waals surface area contributed by atoms with Crippen molar-refractivity contribution in [2.24, 2.45) is 5.92 Å². The number of anilines is 2. The maximum atomic E-state index is 13.7. The topological polar surface area (TPSA) is 75.3 Å². The van der Waals surface area contributed by atoms with Crippen LogP contribution >= 0.6 is 0 Å². The molecule has 1 aliphatic rings. The summed E-state index contributed by atoms with van der Waals surface area (Å²) < 4.78 is 13.7. The molecule has 20 heavy (non-hydrogen) atoms. The van der Waals surface area contributed by atoms with Crippen LogP contribution in [0.3, 0.4) is 0 Å². The van der Waals surface area contributed by atoms with E-state index in [0.29, 0.717) is 5.69 Å². The number of hydrogen-bond donors (Lipinski definition) is 3. The molecule has 0 radical (unpaired) electrons. The van der Waals surface area contributed by atoms with Gasteiger partial charge in [0.15, 0.2) is 0 Å². The molecular formula is C15H21FN2O2. The standard InChI is InChI=1S/C15H21FN2O2/c1-2-9-3-5-10(6-4-9)18-14-8-12(16)11(15(19)20)7-13(14)17/h7-10,18H,2-6,17H2,1H3,(H,19,20). The molecule has 0 unspecified atom stereocenters. The Balaban J connectivity index is 2.07. The Morgan fingerprint density at radius 3 is 2.60 bits per heavy atom. The third-order valence-electron chi connectivity index (χ3n) is 4.15. The number of halogens is 1. The smallest absolute Gasteiger partial charge is 0.338 e. The van der Waals surface area contributed by atoms with E-state index in [1.807, 2.05) is 0 Å². The molecule has 4 nitrogen and oxygen atoms in total. The SMILES string of the molecule is CCC1CCC(Nc2cc(F)c(C(=O)O)cc2N)CC1. The van der Waals surface area contributed by atoms with E-state index in [9.17, 15) is 9.18 Å². The molecule has 2 rings (SSSR count). The van der Waals surface area contributed by atoms with Crippen molar-refractivity contribution in [1.82, 2.24) is 0 Å². The van der Waals surface area contributed by atoms with Gasteiger partial charge in [-0.05, 0) is 43.7 Å². The van der Waals surface area contributed by atoms with Crippen LogP contribution in [0, 0.1) is 11.7 Å². The van der Waals surface area contributed by atoms with Crippen LogP contribution in [0.1, 0.15) is 49.4 Å². The third-order valence-corrected chi connectivity index (χ3v) is 4.15. The second kappa shape index (κ2) is 6.11. The summed E-state index contributed by atoms with van der Waals surface area (Å²) in [5.41, 5.74) is 6.19. The second-order valence-corrected chi connectivity index (χ2v) is 5.49. The molecule has 1 saturated carbocycles. The van der Waals surface area contributed by atoms with Gasteiger partial charge >= 0.3 is 5.97 Å². The Morgan fingerprint density at radius 1 is 1.40 bits per heavy atom. The largest absolute Gasteiger partial charge is 0.478 e. The first-order valence-electron chi connectivity index (χ1n) is 7.10. The van der Waals surface area contributed by atoms with Gasteiger partial charge in [-0.2, -0.15) is 0 Å². The third kappa shape index (κ3) is 3.21. The molecule has 110 valence electrons. The minimum absolute atomic E-state index is 0.279. The first kappa shape index (κ1) is 14.6. The quantitative estimate of drug-likeness (QED) is 0.738. The zero-order valence-electron chi connectivity index (χ0n) is 11.7. The van der Waals surface area contributed by atoms with E-state index in [-0.39, 0.29) is 17.3 Å². The molecule has 0 aliphatic heterocycles. The summed E-state index contributed by atoms with van der Waals surface area (Å²) in [7, 11) is 0. The van der Waals surface area contributed by atoms with Gasteiger partial charge in [0.1, 0.15) is 5.82 Å². The number of nitrogen functional groups attached to an aromatic ring is 1. The summed E-state index contributed by atoms with van der Waals surface area (Å²) in [6.45, 7) is 2.20. The van der Waals surface area contributed by atoms with Gasteiger partial charge in [-0.25, -0.2) is 9.18 Å². The minimum Gasteiger partial charge on any atom is -0.478 e. The van der Waals surface area contributed by atoms with Crippen LogP contribution in [0.4, 0.5) is 15.8 Å². The lowest BCUT2D eigenvalue weighted by Gasteiger charge is -2.29. The van der Waals surface area contributed by atoms with Gasteiger partial charge in [-0.1, -0.05) is 13.3 Å². The van der Waals surface area contributed by atoms with Crippen molar-refractivity contribution in [1.29, 1.82) is 0 Å². The Hall–Kier alpha value is -1.78. The van der Waals surface area contributed by atoms with Gasteiger partial charge in [-0.3, -0.25) is 0 Å². The molecule has 1 aliphatic carbocycles. The fourth-order valence-electron chi connectivity index (χ4n) is 2.81. The number of carboxylic acid groups (broad SMARTS) is 1. The Morgan fingerprint density at radius 2 is 2.05 bits per heavy atom. The minimum atomic E-state index is -1.30. The predicted molar refractivity (Wildman–Crippen MR) is 77.4 cm³/mol. The van der Waals surface area contributed by atoms with E-state index in [0.717, 1.165) is 18.8 Å². The Bertz CT molecular complexity index is 497. The maximum Gasteiger partial charge on any atom is 0.338 e. The highest BCUT2D eigenvalue weighted by Crippen LogP contribution is 2.30. The molecule has 0 spiro atoms. The highest BCUT2D eigenvalue weighted by Gasteiger charge is 2.21. The van der Waals surface area contributed by atoms with Crippen molar-refractivity contribution < 1.29 is 14.3 Å². The number of aromatic carboxylic acids is 1. The number of nitrogens with two attached hydrogens (primary N) is 1. The number of carboxylic acids is 1. The average Bonchev–Trinajstić information content (AvgIpc) is 2.43. The molecule has 0 aromatic heterocycles. The van der Waals surface area contributed by atoms with Crippen LogP contribution in [0.25, 0.3) is 0 Å². The van der Waals surface area contributed by atoms with Crippen molar-refractivity contribution in [2.45, 2.75) is 45.1 Å². The van der Waals surface area contributed by atoms with Crippen LogP contribution in [-0.2, 0) is 0 Å². The molecule has 4 N–H and O–H groups in total. The summed E-state index contributed by atoms with van der Waals surface area (Å²) in [4.78, 5) is 10.8. The molecule has 0 saturated heterocycles. The molecule has 1 aromatic carbocycles. The lowest BCUT2D eigenvalue weighted by molar-refractivity contribution is 0.0692. The first-order chi connectivity index (χ1) is 9.51. The Labute approximate surface area is 118 Å². The van der Waals surface area contributed by atoms with Gasteiger partial charge in [0.2, 0.25) is 0 Å². The van der Waals surface area contributed by atoms with E-state index in [2.05, 4.69) is 12.2 Å². The predicted octanol–water partition coefficient (Wildman–Crippen LogP) is 3.49. The van der Waals surface area contributed by atoms with Crippen LogP contribution in [-0.4, -0.2) is 17.1 Å². The molecule has 0 bridgehead atoms. The van der Waals surface area contributed by atoms with Gasteiger partial charge < -0.3 is 16.2 Å². The number of carbonyl (C=O) groups is 1. The van der Waals surface area contributed by atoms with Crippen molar-refractivity contribution in [3.8, 4) is 0 Å². The van der Waals surface area contributed by atoms with Crippen molar-refractivity contribution in [3.63, 3.8) is 0 Å². The molecule has 0 heterocycles. The highest BCUT2D eigenvalue weighted by atomic mass is 19.1. The lowest BCUT2D eigenvalue weighted by Crippen LogP contribution is -2.26. The summed E-state index contributed by atoms with van der Waals surface area (Å²) in [6, 6.07) is 2.65. The van der Waals surface area contributed by atoms with Gasteiger partial charge in [0.25, 0.3) is 0 Å². The molecule has 1 fully saturated rings. The summed E-state index contributed by atoms with van der Waals surface area (Å²) >= 11 is 0. The number of hydrogen-bond acceptors (Lipinski definition) is 3. The molecular weight excluding hydrogens is 259 g/mol. The van der Waals surface area contributed by atoms with Crippen molar-refractivity contribution in [2.75, 3.05) is 11.1 Å². The van der Waals surface area contributed by atoms with E-state index in [4.69, 9.17) is 10.8 Å². The van der Waals surface area contributed by atoms with Crippen LogP contribution < -0.4 is 11.1 Å². The van der Waals surface area contributed by atoms with E-state index in [1.54, 1.807) is 0 Å². The summed E-state index contributed by atoms with van der Waals surface area (Å²) in [5, 5.41) is 12.1. The van der Waals surface area contributed by atoms with Gasteiger partial charge in [0, 0.05) is 6.04 Å². The molecule has 0 atom stereocenters. The van der Waals surface area contributed by atoms with Crippen LogP contribution in [0.5, 0.6) is 0 Å². The zero-order valence-corrected chi connectivity index (χ0v) is 11.7. The first-order valence-corrected chi connectivity index (χ1v) is 7.10. The average molecular weight is 280 g/mol. The fourth-order valence-corrected chi connectivity index (χ4v) is 2.81. The number of nitrogens with one attached hydrogen (secondary N) is 1. The van der Waals surface area contributed by atoms with E-state index >= 15 is 0 Å². The van der Waals surface area contributed by atoms with Crippen LogP contribution in [0.15, 0.2) is 12.1 Å². The highest BCUT2D eigenvalue weighted by molar-refractivity contribution is 5.90. The molecule has 1 aromatic rings. The summed E-state index contributed by atoms with van der Waals surface area (Å²) in [6.07, 6.45) is 5.63. The van der Waals surface area contributed by atoms with Crippen molar-refractivity contribution >= 4 is 17.3 Å². The van der Waals surface area contributed by atoms with E-state index in [1.165, 1.54) is 31.4 Å². The molecule has 0 amide bonds. The van der Waals surface area contributed by atoms with Crippen LogP contribution in [0.2, 0.25) is 0 Å². The fraction of sp³-hybridized carbons (Fsp3) is 0.533. The van der Waals surface area contributed by atoms with E-state index < -0.39 is 11.8 Å². The van der Waals surface area contributed by atoms with Gasteiger partial charge in [0.05, 0.1) is 16.9 Å². The monoisotopic (exact) mass is 280 g/mol. The zero-order chi connectivity index (χ0) is 14.7. The van der Waals surface area contributed by atoms with Gasteiger partial charge in [-0.15, -0.1) is 0 Å². The maximum absolute atomic E-state index is 13.7. The summed E-state index contributed by atoms with van der Waals surface area (Å²) in [5.74, 6) is -1.27. The lowest BCUT2D eigenvalue weighted by atomic mass is 9.84. The second-order valence-electron chi connectivity index (χ2n) is 5.49. The van der Waals surface area contributed by atoms with Crippen molar-refractivity contribution in [3.05, 3.63) is 23.5 Å². The molecule has 5 heteroatoms. The normalized spacial score (nSPS) is 22.5. The number of benzene rings is 1.